The minimum Gasteiger partial charge on any atom is -0.396 e. The molecule has 0 unspecified atom stereocenters. The Bertz CT molecular complexity index is 452. The van der Waals surface area contributed by atoms with Gasteiger partial charge in [0.1, 0.15) is 0 Å². The number of hydrogen-bond donors (Lipinski definition) is 3. The van der Waals surface area contributed by atoms with Crippen molar-refractivity contribution in [1.82, 2.24) is 4.90 Å². The number of aliphatic hydroxyl groups excluding tert-OH is 1. The van der Waals surface area contributed by atoms with Gasteiger partial charge in [-0.15, -0.1) is 0 Å². The summed E-state index contributed by atoms with van der Waals surface area (Å²) in [5.74, 6) is 0.134. The number of benzene rings is 1. The van der Waals surface area contributed by atoms with E-state index in [-0.39, 0.29) is 18.4 Å². The van der Waals surface area contributed by atoms with Crippen LogP contribution in [-0.4, -0.2) is 41.6 Å². The summed E-state index contributed by atoms with van der Waals surface area (Å²) in [7, 11) is 0. The summed E-state index contributed by atoms with van der Waals surface area (Å²) < 4.78 is 0. The summed E-state index contributed by atoms with van der Waals surface area (Å²) in [4.78, 5) is 24.3. The van der Waals surface area contributed by atoms with E-state index < -0.39 is 6.03 Å². The molecular weight excluding hydrogens is 234 g/mol. The van der Waals surface area contributed by atoms with Crippen LogP contribution in [0.1, 0.15) is 10.4 Å². The van der Waals surface area contributed by atoms with Crippen LogP contribution in [-0.2, 0) is 0 Å². The van der Waals surface area contributed by atoms with Crippen molar-refractivity contribution in [3.8, 4) is 0 Å². The quantitative estimate of drug-likeness (QED) is 0.716. The Kier molecular flexibility index (Phi) is 3.47. The average molecular weight is 249 g/mol. The molecule has 6 nitrogen and oxygen atoms in total. The number of nitrogens with two attached hydrogens (primary N) is 1. The molecule has 3 amide bonds. The Morgan fingerprint density at radius 3 is 2.44 bits per heavy atom. The number of amides is 3. The van der Waals surface area contributed by atoms with Gasteiger partial charge in [0, 0.05) is 36.9 Å². The molecule has 0 atom stereocenters. The fraction of sp³-hybridized carbons (Fsp3) is 0.333. The molecule has 1 aromatic rings. The van der Waals surface area contributed by atoms with Gasteiger partial charge in [-0.3, -0.25) is 4.79 Å². The van der Waals surface area contributed by atoms with Crippen molar-refractivity contribution in [2.45, 2.75) is 0 Å². The number of rotatable bonds is 3. The van der Waals surface area contributed by atoms with E-state index in [1.807, 2.05) is 0 Å². The highest BCUT2D eigenvalue weighted by Gasteiger charge is 2.30. The summed E-state index contributed by atoms with van der Waals surface area (Å²) in [5.41, 5.74) is 6.09. The normalized spacial score (nSPS) is 15.1. The number of carbonyl (C=O) groups excluding carboxylic acids is 2. The van der Waals surface area contributed by atoms with Gasteiger partial charge in [-0.05, 0) is 24.3 Å². The van der Waals surface area contributed by atoms with Gasteiger partial charge in [0.2, 0.25) is 0 Å². The largest absolute Gasteiger partial charge is 0.396 e. The maximum atomic E-state index is 12.0. The number of aliphatic hydroxyl groups is 1. The smallest absolute Gasteiger partial charge is 0.316 e. The monoisotopic (exact) mass is 249 g/mol. The Hall–Kier alpha value is -2.08. The lowest BCUT2D eigenvalue weighted by Crippen LogP contribution is -2.51. The molecule has 96 valence electrons. The first-order valence-electron chi connectivity index (χ1n) is 5.67. The number of primary amides is 1. The summed E-state index contributed by atoms with van der Waals surface area (Å²) in [6.07, 6.45) is 0. The Balaban J connectivity index is 1.97. The van der Waals surface area contributed by atoms with Gasteiger partial charge in [0.05, 0.1) is 0 Å². The third kappa shape index (κ3) is 2.60. The summed E-state index contributed by atoms with van der Waals surface area (Å²) in [6.45, 7) is 1.30. The zero-order valence-electron chi connectivity index (χ0n) is 9.80. The van der Waals surface area contributed by atoms with Crippen LogP contribution >= 0.6 is 0 Å². The summed E-state index contributed by atoms with van der Waals surface area (Å²) >= 11 is 0. The van der Waals surface area contributed by atoms with E-state index in [0.29, 0.717) is 24.3 Å². The highest BCUT2D eigenvalue weighted by molar-refractivity contribution is 5.95. The molecule has 0 radical (unpaired) electrons. The first-order valence-corrected chi connectivity index (χ1v) is 5.67. The van der Waals surface area contributed by atoms with Crippen LogP contribution in [0, 0.1) is 5.92 Å². The number of nitrogens with zero attached hydrogens (tertiary/aromatic N) is 1. The molecule has 1 fully saturated rings. The Morgan fingerprint density at radius 1 is 1.33 bits per heavy atom. The minimum absolute atomic E-state index is 0.0645. The molecule has 4 N–H and O–H groups in total. The topological polar surface area (TPSA) is 95.7 Å². The van der Waals surface area contributed by atoms with Crippen LogP contribution in [0.5, 0.6) is 0 Å². The fourth-order valence-electron chi connectivity index (χ4n) is 1.87. The van der Waals surface area contributed by atoms with Crippen LogP contribution in [0.25, 0.3) is 0 Å². The molecule has 0 saturated carbocycles. The highest BCUT2D eigenvalue weighted by Crippen LogP contribution is 2.19. The second kappa shape index (κ2) is 5.05. The second-order valence-electron chi connectivity index (χ2n) is 4.33. The van der Waals surface area contributed by atoms with Crippen molar-refractivity contribution in [2.24, 2.45) is 11.7 Å². The molecule has 1 aliphatic rings. The number of carbonyl (C=O) groups is 2. The van der Waals surface area contributed by atoms with Gasteiger partial charge < -0.3 is 21.1 Å². The lowest BCUT2D eigenvalue weighted by Gasteiger charge is -2.38. The molecule has 0 aliphatic carbocycles. The standard InChI is InChI=1S/C12H15N3O3/c13-12(18)14-10-3-1-9(2-4-10)11(17)15-5-8(6-15)7-16/h1-4,8,16H,5-7H2,(H3,13,14,18). The SMILES string of the molecule is NC(=O)Nc1ccc(C(=O)N2CC(CO)C2)cc1. The molecule has 0 aromatic heterocycles. The predicted octanol–water partition coefficient (Wildman–Crippen LogP) is 0.242. The third-order valence-electron chi connectivity index (χ3n) is 2.90. The van der Waals surface area contributed by atoms with Gasteiger partial charge in [0.25, 0.3) is 5.91 Å². The van der Waals surface area contributed by atoms with Crippen molar-refractivity contribution in [1.29, 1.82) is 0 Å². The first kappa shape index (κ1) is 12.4. The first-order chi connectivity index (χ1) is 8.60. The molecule has 6 heteroatoms. The van der Waals surface area contributed by atoms with Gasteiger partial charge in [-0.2, -0.15) is 0 Å². The molecule has 0 bridgehead atoms. The molecule has 1 aliphatic heterocycles. The zero-order valence-corrected chi connectivity index (χ0v) is 9.80. The van der Waals surface area contributed by atoms with Crippen molar-refractivity contribution >= 4 is 17.6 Å². The third-order valence-corrected chi connectivity index (χ3v) is 2.90. The second-order valence-corrected chi connectivity index (χ2v) is 4.33. The van der Waals surface area contributed by atoms with E-state index in [1.54, 1.807) is 29.2 Å². The van der Waals surface area contributed by atoms with E-state index in [0.717, 1.165) is 0 Å². The number of likely N-dealkylation sites (tertiary alicyclic amines) is 1. The molecule has 0 spiro atoms. The molecule has 2 rings (SSSR count). The van der Waals surface area contributed by atoms with E-state index in [4.69, 9.17) is 10.8 Å². The number of nitrogens with one attached hydrogen (secondary N) is 1. The van der Waals surface area contributed by atoms with E-state index in [1.165, 1.54) is 0 Å². The molecule has 18 heavy (non-hydrogen) atoms. The molecule has 1 saturated heterocycles. The van der Waals surface area contributed by atoms with Crippen LogP contribution < -0.4 is 11.1 Å². The lowest BCUT2D eigenvalue weighted by atomic mass is 10.00. The molecular formula is C12H15N3O3. The number of urea groups is 1. The van der Waals surface area contributed by atoms with Crippen LogP contribution in [0.2, 0.25) is 0 Å². The van der Waals surface area contributed by atoms with Crippen molar-refractivity contribution in [2.75, 3.05) is 25.0 Å². The molecule has 1 aromatic carbocycles. The van der Waals surface area contributed by atoms with Gasteiger partial charge in [-0.1, -0.05) is 0 Å². The average Bonchev–Trinajstić information content (AvgIpc) is 2.27. The Morgan fingerprint density at radius 2 is 1.94 bits per heavy atom. The summed E-state index contributed by atoms with van der Waals surface area (Å²) in [5, 5.41) is 11.3. The van der Waals surface area contributed by atoms with Gasteiger partial charge >= 0.3 is 6.03 Å². The van der Waals surface area contributed by atoms with Crippen LogP contribution in [0.4, 0.5) is 10.5 Å². The zero-order chi connectivity index (χ0) is 13.1. The maximum Gasteiger partial charge on any atom is 0.316 e. The predicted molar refractivity (Wildman–Crippen MR) is 66.1 cm³/mol. The highest BCUT2D eigenvalue weighted by atomic mass is 16.3. The molecule has 1 heterocycles. The lowest BCUT2D eigenvalue weighted by molar-refractivity contribution is 0.0362. The van der Waals surface area contributed by atoms with Gasteiger partial charge in [0.15, 0.2) is 0 Å². The van der Waals surface area contributed by atoms with Crippen molar-refractivity contribution in [3.63, 3.8) is 0 Å². The summed E-state index contributed by atoms with van der Waals surface area (Å²) in [6, 6.07) is 5.89. The Labute approximate surface area is 104 Å². The number of anilines is 1. The van der Waals surface area contributed by atoms with Crippen LogP contribution in [0.15, 0.2) is 24.3 Å². The van der Waals surface area contributed by atoms with Crippen molar-refractivity contribution in [3.05, 3.63) is 29.8 Å². The van der Waals surface area contributed by atoms with Crippen LogP contribution in [0.3, 0.4) is 0 Å². The maximum absolute atomic E-state index is 12.0. The van der Waals surface area contributed by atoms with Crippen molar-refractivity contribution < 1.29 is 14.7 Å². The van der Waals surface area contributed by atoms with Gasteiger partial charge in [-0.25, -0.2) is 4.79 Å². The van der Waals surface area contributed by atoms with E-state index in [9.17, 15) is 9.59 Å². The minimum atomic E-state index is -0.636. The number of hydrogen-bond acceptors (Lipinski definition) is 3. The van der Waals surface area contributed by atoms with E-state index in [2.05, 4.69) is 5.32 Å². The fourth-order valence-corrected chi connectivity index (χ4v) is 1.87. The van der Waals surface area contributed by atoms with E-state index >= 15 is 0 Å².